The maximum atomic E-state index is 12.1. The van der Waals surface area contributed by atoms with E-state index in [1.807, 2.05) is 37.4 Å². The van der Waals surface area contributed by atoms with E-state index in [-0.39, 0.29) is 5.91 Å². The van der Waals surface area contributed by atoms with Crippen molar-refractivity contribution in [3.8, 4) is 0 Å². The molecule has 0 spiro atoms. The van der Waals surface area contributed by atoms with Gasteiger partial charge in [0, 0.05) is 14.6 Å². The van der Waals surface area contributed by atoms with Gasteiger partial charge in [-0.05, 0) is 64.5 Å². The fraction of sp³-hybridized carbons (Fsp3) is 0.154. The first-order valence-corrected chi connectivity index (χ1v) is 7.76. The Kier molecular flexibility index (Phi) is 4.25. The number of anilines is 1. The molecule has 1 heterocycles. The van der Waals surface area contributed by atoms with Crippen LogP contribution in [0.4, 0.5) is 5.69 Å². The first-order chi connectivity index (χ1) is 8.49. The minimum atomic E-state index is -0.0852. The van der Waals surface area contributed by atoms with E-state index in [1.54, 1.807) is 0 Å². The Labute approximate surface area is 127 Å². The van der Waals surface area contributed by atoms with Crippen molar-refractivity contribution in [1.29, 1.82) is 0 Å². The van der Waals surface area contributed by atoms with Crippen LogP contribution in [0.15, 0.2) is 32.5 Å². The van der Waals surface area contributed by atoms with Crippen molar-refractivity contribution in [3.05, 3.63) is 48.5 Å². The SMILES string of the molecule is Cc1cc(NC(=O)c2sccc2Br)cc(C)c1Br. The van der Waals surface area contributed by atoms with Gasteiger partial charge in [-0.3, -0.25) is 4.79 Å². The molecule has 0 bridgehead atoms. The largest absolute Gasteiger partial charge is 0.321 e. The van der Waals surface area contributed by atoms with Crippen molar-refractivity contribution in [1.82, 2.24) is 0 Å². The number of thiophene rings is 1. The van der Waals surface area contributed by atoms with Crippen molar-refractivity contribution in [2.75, 3.05) is 5.32 Å². The molecule has 0 saturated heterocycles. The fourth-order valence-electron chi connectivity index (χ4n) is 1.66. The van der Waals surface area contributed by atoms with Crippen LogP contribution in [0.5, 0.6) is 0 Å². The molecular formula is C13H11Br2NOS. The zero-order valence-electron chi connectivity index (χ0n) is 9.88. The van der Waals surface area contributed by atoms with E-state index in [0.717, 1.165) is 25.8 Å². The van der Waals surface area contributed by atoms with E-state index in [2.05, 4.69) is 37.2 Å². The lowest BCUT2D eigenvalue weighted by Crippen LogP contribution is -2.11. The number of benzene rings is 1. The molecule has 0 aliphatic carbocycles. The molecule has 18 heavy (non-hydrogen) atoms. The van der Waals surface area contributed by atoms with Crippen LogP contribution in [-0.2, 0) is 0 Å². The van der Waals surface area contributed by atoms with E-state index in [9.17, 15) is 4.79 Å². The molecule has 1 amide bonds. The molecule has 0 fully saturated rings. The van der Waals surface area contributed by atoms with Crippen LogP contribution in [0.25, 0.3) is 0 Å². The van der Waals surface area contributed by atoms with Gasteiger partial charge in [-0.15, -0.1) is 11.3 Å². The Morgan fingerprint density at radius 3 is 2.33 bits per heavy atom. The summed E-state index contributed by atoms with van der Waals surface area (Å²) in [6, 6.07) is 5.78. The zero-order chi connectivity index (χ0) is 13.3. The molecular weight excluding hydrogens is 378 g/mol. The first kappa shape index (κ1) is 13.8. The van der Waals surface area contributed by atoms with Gasteiger partial charge in [-0.2, -0.15) is 0 Å². The number of halogens is 2. The third-order valence-corrected chi connectivity index (χ3v) is 5.61. The topological polar surface area (TPSA) is 29.1 Å². The molecule has 0 radical (unpaired) electrons. The Hall–Kier alpha value is -0.650. The monoisotopic (exact) mass is 387 g/mol. The van der Waals surface area contributed by atoms with Gasteiger partial charge in [-0.25, -0.2) is 0 Å². The minimum absolute atomic E-state index is 0.0852. The molecule has 2 rings (SSSR count). The molecule has 2 aromatic rings. The maximum Gasteiger partial charge on any atom is 0.266 e. The van der Waals surface area contributed by atoms with Crippen LogP contribution in [0.3, 0.4) is 0 Å². The summed E-state index contributed by atoms with van der Waals surface area (Å²) in [6.45, 7) is 4.02. The summed E-state index contributed by atoms with van der Waals surface area (Å²) in [7, 11) is 0. The summed E-state index contributed by atoms with van der Waals surface area (Å²) < 4.78 is 1.91. The second-order valence-corrected chi connectivity index (χ2v) is 6.54. The van der Waals surface area contributed by atoms with Gasteiger partial charge < -0.3 is 5.32 Å². The predicted molar refractivity (Wildman–Crippen MR) is 83.6 cm³/mol. The molecule has 1 aromatic carbocycles. The standard InChI is InChI=1S/C13H11Br2NOS/c1-7-5-9(6-8(2)11(7)15)16-13(17)12-10(14)3-4-18-12/h3-6H,1-2H3,(H,16,17). The summed E-state index contributed by atoms with van der Waals surface area (Å²) in [4.78, 5) is 12.7. The van der Waals surface area contributed by atoms with E-state index in [0.29, 0.717) is 4.88 Å². The number of aryl methyl sites for hydroxylation is 2. The quantitative estimate of drug-likeness (QED) is 0.757. The van der Waals surface area contributed by atoms with Crippen molar-refractivity contribution < 1.29 is 4.79 Å². The molecule has 0 aliphatic rings. The Morgan fingerprint density at radius 2 is 1.83 bits per heavy atom. The Bertz CT molecular complexity index is 584. The molecule has 1 N–H and O–H groups in total. The molecule has 1 aromatic heterocycles. The number of hydrogen-bond acceptors (Lipinski definition) is 2. The van der Waals surface area contributed by atoms with Crippen LogP contribution < -0.4 is 5.32 Å². The van der Waals surface area contributed by atoms with Crippen LogP contribution in [0, 0.1) is 13.8 Å². The average Bonchev–Trinajstić information content (AvgIpc) is 2.72. The molecule has 5 heteroatoms. The number of carbonyl (C=O) groups excluding carboxylic acids is 1. The normalized spacial score (nSPS) is 10.4. The number of hydrogen-bond donors (Lipinski definition) is 1. The highest BCUT2D eigenvalue weighted by molar-refractivity contribution is 9.11. The first-order valence-electron chi connectivity index (χ1n) is 5.30. The summed E-state index contributed by atoms with van der Waals surface area (Å²) in [6.07, 6.45) is 0. The van der Waals surface area contributed by atoms with Gasteiger partial charge in [0.05, 0.1) is 0 Å². The summed E-state index contributed by atoms with van der Waals surface area (Å²) >= 11 is 8.29. The molecule has 0 saturated carbocycles. The average molecular weight is 389 g/mol. The number of amides is 1. The summed E-state index contributed by atoms with van der Waals surface area (Å²) in [5.41, 5.74) is 3.03. The van der Waals surface area contributed by atoms with Gasteiger partial charge in [0.25, 0.3) is 5.91 Å². The number of nitrogens with one attached hydrogen (secondary N) is 1. The van der Waals surface area contributed by atoms with E-state index < -0.39 is 0 Å². The van der Waals surface area contributed by atoms with E-state index in [1.165, 1.54) is 11.3 Å². The Balaban J connectivity index is 2.25. The van der Waals surface area contributed by atoms with Crippen molar-refractivity contribution >= 4 is 54.8 Å². The lowest BCUT2D eigenvalue weighted by molar-refractivity contribution is 0.103. The van der Waals surface area contributed by atoms with Gasteiger partial charge >= 0.3 is 0 Å². The molecule has 2 nitrogen and oxygen atoms in total. The highest BCUT2D eigenvalue weighted by Gasteiger charge is 2.12. The van der Waals surface area contributed by atoms with Crippen LogP contribution in [-0.4, -0.2) is 5.91 Å². The second kappa shape index (κ2) is 5.55. The summed E-state index contributed by atoms with van der Waals surface area (Å²) in [5, 5.41) is 4.80. The second-order valence-electron chi connectivity index (χ2n) is 3.98. The molecule has 0 atom stereocenters. The Morgan fingerprint density at radius 1 is 1.22 bits per heavy atom. The maximum absolute atomic E-state index is 12.1. The predicted octanol–water partition coefficient (Wildman–Crippen LogP) is 5.14. The highest BCUT2D eigenvalue weighted by Crippen LogP contribution is 2.27. The number of carbonyl (C=O) groups is 1. The van der Waals surface area contributed by atoms with Crippen molar-refractivity contribution in [3.63, 3.8) is 0 Å². The fourth-order valence-corrected chi connectivity index (χ4v) is 3.34. The van der Waals surface area contributed by atoms with E-state index in [4.69, 9.17) is 0 Å². The summed E-state index contributed by atoms with van der Waals surface area (Å²) in [5.74, 6) is -0.0852. The van der Waals surface area contributed by atoms with Crippen LogP contribution in [0.1, 0.15) is 20.8 Å². The van der Waals surface area contributed by atoms with Gasteiger partial charge in [0.15, 0.2) is 0 Å². The lowest BCUT2D eigenvalue weighted by Gasteiger charge is -2.09. The van der Waals surface area contributed by atoms with Crippen LogP contribution >= 0.6 is 43.2 Å². The zero-order valence-corrected chi connectivity index (χ0v) is 13.9. The molecule has 0 unspecified atom stereocenters. The highest BCUT2D eigenvalue weighted by atomic mass is 79.9. The van der Waals surface area contributed by atoms with Crippen molar-refractivity contribution in [2.45, 2.75) is 13.8 Å². The minimum Gasteiger partial charge on any atom is -0.321 e. The van der Waals surface area contributed by atoms with Crippen molar-refractivity contribution in [2.24, 2.45) is 0 Å². The third kappa shape index (κ3) is 2.84. The molecule has 0 aliphatic heterocycles. The lowest BCUT2D eigenvalue weighted by atomic mass is 10.1. The number of rotatable bonds is 2. The van der Waals surface area contributed by atoms with Crippen LogP contribution in [0.2, 0.25) is 0 Å². The van der Waals surface area contributed by atoms with Gasteiger partial charge in [0.1, 0.15) is 4.88 Å². The smallest absolute Gasteiger partial charge is 0.266 e. The van der Waals surface area contributed by atoms with E-state index >= 15 is 0 Å². The molecule has 94 valence electrons. The third-order valence-electron chi connectivity index (χ3n) is 2.52. The van der Waals surface area contributed by atoms with Gasteiger partial charge in [0.2, 0.25) is 0 Å². The van der Waals surface area contributed by atoms with Gasteiger partial charge in [-0.1, -0.05) is 15.9 Å².